The second kappa shape index (κ2) is 15.1. The monoisotopic (exact) mass is 634 g/mol. The number of rotatable bonds is 11. The Kier molecular flexibility index (Phi) is 9.68. The molecule has 0 amide bonds. The van der Waals surface area contributed by atoms with Crippen LogP contribution in [0.3, 0.4) is 0 Å². The van der Waals surface area contributed by atoms with Gasteiger partial charge in [-0.2, -0.15) is 0 Å². The van der Waals surface area contributed by atoms with E-state index >= 15 is 0 Å². The van der Waals surface area contributed by atoms with E-state index < -0.39 is 0 Å². The van der Waals surface area contributed by atoms with Crippen LogP contribution in [-0.4, -0.2) is 13.3 Å². The fourth-order valence-corrected chi connectivity index (χ4v) is 6.06. The van der Waals surface area contributed by atoms with Crippen LogP contribution in [0.2, 0.25) is 0 Å². The minimum Gasteiger partial charge on any atom is -0.355 e. The van der Waals surface area contributed by atoms with Gasteiger partial charge in [0.2, 0.25) is 0 Å². The molecule has 7 rings (SSSR count). The Labute approximate surface area is 288 Å². The van der Waals surface area contributed by atoms with Crippen LogP contribution < -0.4 is 16.0 Å². The minimum atomic E-state index is -0.216. The lowest BCUT2D eigenvalue weighted by Crippen LogP contribution is -2.14. The van der Waals surface area contributed by atoms with Crippen molar-refractivity contribution >= 4 is 29.0 Å². The second-order valence-electron chi connectivity index (χ2n) is 11.9. The average Bonchev–Trinajstić information content (AvgIpc) is 3.17. The summed E-state index contributed by atoms with van der Waals surface area (Å²) in [7, 11) is 1.94. The molecule has 4 nitrogen and oxygen atoms in total. The molecule has 0 aliphatic rings. The zero-order chi connectivity index (χ0) is 33.3. The Morgan fingerprint density at radius 1 is 0.449 bits per heavy atom. The van der Waals surface area contributed by atoms with Crippen LogP contribution >= 0.6 is 0 Å². The topological polar surface area (TPSA) is 48.5 Å². The van der Waals surface area contributed by atoms with E-state index in [-0.39, 0.29) is 6.17 Å². The molecule has 0 aliphatic carbocycles. The zero-order valence-electron chi connectivity index (χ0n) is 27.4. The van der Waals surface area contributed by atoms with Crippen molar-refractivity contribution in [2.24, 2.45) is 4.99 Å². The Hall–Kier alpha value is -6.23. The van der Waals surface area contributed by atoms with E-state index in [1.165, 1.54) is 11.1 Å². The Balaban J connectivity index is 1.23. The molecule has 0 radical (unpaired) electrons. The van der Waals surface area contributed by atoms with Crippen molar-refractivity contribution in [3.63, 3.8) is 0 Å². The first-order chi connectivity index (χ1) is 24.2. The maximum absolute atomic E-state index is 4.96. The molecular weight excluding hydrogens is 597 g/mol. The molecule has 0 spiro atoms. The maximum Gasteiger partial charge on any atom is 0.125 e. The first kappa shape index (κ1) is 31.4. The molecule has 1 unspecified atom stereocenters. The molecule has 0 heterocycles. The fourth-order valence-electron chi connectivity index (χ4n) is 6.06. The van der Waals surface area contributed by atoms with Crippen LogP contribution in [-0.2, 0) is 0 Å². The fraction of sp³-hybridized carbons (Fsp3) is 0.0444. The van der Waals surface area contributed by atoms with Crippen LogP contribution in [0, 0.1) is 0 Å². The largest absolute Gasteiger partial charge is 0.355 e. The van der Waals surface area contributed by atoms with Crippen LogP contribution in [0.25, 0.3) is 33.4 Å². The summed E-state index contributed by atoms with van der Waals surface area (Å²) in [6, 6.07) is 63.3. The number of nitrogens with zero attached hydrogens (tertiary/aromatic N) is 1. The molecule has 0 saturated carbocycles. The SMILES string of the molecule is CNC(N=Cc1cccc(-c2ccccc2)c1)c1cccc(Nc2cc(Nc3ccccc3)c(-c3ccccc3)cc2-c2ccccc2)c1. The molecule has 0 saturated heterocycles. The van der Waals surface area contributed by atoms with E-state index in [1.807, 2.05) is 37.5 Å². The van der Waals surface area contributed by atoms with Crippen molar-refractivity contribution in [2.75, 3.05) is 17.7 Å². The van der Waals surface area contributed by atoms with Gasteiger partial charge in [0, 0.05) is 40.1 Å². The summed E-state index contributed by atoms with van der Waals surface area (Å²) in [5, 5.41) is 10.9. The van der Waals surface area contributed by atoms with Crippen LogP contribution in [0.4, 0.5) is 22.7 Å². The van der Waals surface area contributed by atoms with E-state index in [9.17, 15) is 0 Å². The van der Waals surface area contributed by atoms with Gasteiger partial charge in [0.15, 0.2) is 0 Å². The zero-order valence-corrected chi connectivity index (χ0v) is 27.4. The Bertz CT molecular complexity index is 2140. The van der Waals surface area contributed by atoms with Gasteiger partial charge in [-0.3, -0.25) is 10.3 Å². The molecule has 7 aromatic carbocycles. The van der Waals surface area contributed by atoms with Crippen molar-refractivity contribution in [1.29, 1.82) is 0 Å². The van der Waals surface area contributed by atoms with Crippen LogP contribution in [0.15, 0.2) is 187 Å². The van der Waals surface area contributed by atoms with Gasteiger partial charge in [-0.05, 0) is 82.9 Å². The van der Waals surface area contributed by atoms with E-state index in [2.05, 4.69) is 174 Å². The van der Waals surface area contributed by atoms with Gasteiger partial charge in [0.05, 0.1) is 0 Å². The molecule has 0 aromatic heterocycles. The van der Waals surface area contributed by atoms with E-state index in [4.69, 9.17) is 4.99 Å². The summed E-state index contributed by atoms with van der Waals surface area (Å²) >= 11 is 0. The number of para-hydroxylation sites is 1. The quantitative estimate of drug-likeness (QED) is 0.124. The van der Waals surface area contributed by atoms with Gasteiger partial charge in [0.25, 0.3) is 0 Å². The van der Waals surface area contributed by atoms with Crippen molar-refractivity contribution in [3.8, 4) is 33.4 Å². The third-order valence-electron chi connectivity index (χ3n) is 8.50. The van der Waals surface area contributed by atoms with E-state index in [0.29, 0.717) is 0 Å². The van der Waals surface area contributed by atoms with Crippen molar-refractivity contribution in [3.05, 3.63) is 193 Å². The minimum absolute atomic E-state index is 0.216. The molecular formula is C45H38N4. The molecule has 7 aromatic rings. The van der Waals surface area contributed by atoms with Gasteiger partial charge in [-0.1, -0.05) is 140 Å². The predicted octanol–water partition coefficient (Wildman–Crippen LogP) is 11.5. The van der Waals surface area contributed by atoms with Crippen molar-refractivity contribution in [2.45, 2.75) is 6.17 Å². The molecule has 0 fully saturated rings. The summed E-state index contributed by atoms with van der Waals surface area (Å²) in [5.41, 5.74) is 13.0. The number of hydrogen-bond acceptors (Lipinski definition) is 4. The standard InChI is InChI=1S/C45H38N4/c1-46-45(47-32-33-16-14-23-37(28-33)34-17-6-2-7-18-34)38-24-15-27-40(29-38)49-44-31-43(48-39-25-12-5-13-26-39)41(35-19-8-3-9-20-35)30-42(44)36-21-10-4-11-22-36/h2-32,45-46,48-49H,1H3. The lowest BCUT2D eigenvalue weighted by Gasteiger charge is -2.20. The van der Waals surface area contributed by atoms with E-state index in [1.54, 1.807) is 0 Å². The summed E-state index contributed by atoms with van der Waals surface area (Å²) < 4.78 is 0. The lowest BCUT2D eigenvalue weighted by molar-refractivity contribution is 0.628. The Morgan fingerprint density at radius 3 is 1.57 bits per heavy atom. The molecule has 238 valence electrons. The maximum atomic E-state index is 4.96. The van der Waals surface area contributed by atoms with Gasteiger partial charge < -0.3 is 10.6 Å². The van der Waals surface area contributed by atoms with Gasteiger partial charge in [-0.25, -0.2) is 0 Å². The number of anilines is 4. The van der Waals surface area contributed by atoms with E-state index in [0.717, 1.165) is 56.1 Å². The number of benzene rings is 7. The number of aliphatic imine (C=N–C) groups is 1. The average molecular weight is 635 g/mol. The molecule has 0 aliphatic heterocycles. The first-order valence-electron chi connectivity index (χ1n) is 16.6. The predicted molar refractivity (Wildman–Crippen MR) is 208 cm³/mol. The molecule has 0 bridgehead atoms. The smallest absolute Gasteiger partial charge is 0.125 e. The van der Waals surface area contributed by atoms with Gasteiger partial charge in [0.1, 0.15) is 6.17 Å². The van der Waals surface area contributed by atoms with Crippen molar-refractivity contribution in [1.82, 2.24) is 5.32 Å². The highest BCUT2D eigenvalue weighted by atomic mass is 15.0. The third-order valence-corrected chi connectivity index (χ3v) is 8.50. The van der Waals surface area contributed by atoms with Crippen molar-refractivity contribution < 1.29 is 0 Å². The Morgan fingerprint density at radius 2 is 0.959 bits per heavy atom. The third kappa shape index (κ3) is 7.68. The number of hydrogen-bond donors (Lipinski definition) is 3. The molecule has 3 N–H and O–H groups in total. The summed E-state index contributed by atoms with van der Waals surface area (Å²) in [4.78, 5) is 4.96. The van der Waals surface area contributed by atoms with Crippen LogP contribution in [0.5, 0.6) is 0 Å². The van der Waals surface area contributed by atoms with Gasteiger partial charge >= 0.3 is 0 Å². The lowest BCUT2D eigenvalue weighted by atomic mass is 9.95. The second-order valence-corrected chi connectivity index (χ2v) is 11.9. The summed E-state index contributed by atoms with van der Waals surface area (Å²) in [6.45, 7) is 0. The highest BCUT2D eigenvalue weighted by Gasteiger charge is 2.15. The summed E-state index contributed by atoms with van der Waals surface area (Å²) in [5.74, 6) is 0. The number of nitrogens with one attached hydrogen (secondary N) is 3. The first-order valence-corrected chi connectivity index (χ1v) is 16.6. The molecule has 49 heavy (non-hydrogen) atoms. The summed E-state index contributed by atoms with van der Waals surface area (Å²) in [6.07, 6.45) is 1.73. The highest BCUT2D eigenvalue weighted by Crippen LogP contribution is 2.41. The van der Waals surface area contributed by atoms with Crippen LogP contribution in [0.1, 0.15) is 17.3 Å². The normalized spacial score (nSPS) is 11.7. The molecule has 1 atom stereocenters. The van der Waals surface area contributed by atoms with Gasteiger partial charge in [-0.15, -0.1) is 0 Å². The highest BCUT2D eigenvalue weighted by molar-refractivity contribution is 5.93. The molecule has 4 heteroatoms.